The van der Waals surface area contributed by atoms with Gasteiger partial charge in [-0.25, -0.2) is 4.79 Å². The Labute approximate surface area is 111 Å². The zero-order valence-electron chi connectivity index (χ0n) is 11.0. The number of nitrogens with one attached hydrogen (secondary N) is 1. The maximum atomic E-state index is 12.1. The maximum absolute atomic E-state index is 12.1. The number of aromatic carboxylic acids is 1. The van der Waals surface area contributed by atoms with Crippen LogP contribution in [0.3, 0.4) is 0 Å². The smallest absolute Gasteiger partial charge is 0.335 e. The van der Waals surface area contributed by atoms with Gasteiger partial charge in [-0.1, -0.05) is 13.0 Å². The summed E-state index contributed by atoms with van der Waals surface area (Å²) in [5.41, 5.74) is 1.50. The van der Waals surface area contributed by atoms with E-state index in [2.05, 4.69) is 5.32 Å². The molecule has 0 bridgehead atoms. The number of carbonyl (C=O) groups excluding carboxylic acids is 1. The molecule has 5 heteroatoms. The molecule has 102 valence electrons. The number of amides is 1. The third-order valence-electron chi connectivity index (χ3n) is 3.39. The van der Waals surface area contributed by atoms with Gasteiger partial charge < -0.3 is 15.2 Å². The first kappa shape index (κ1) is 13.5. The molecule has 2 rings (SSSR count). The van der Waals surface area contributed by atoms with Gasteiger partial charge in [0.1, 0.15) is 6.10 Å². The lowest BCUT2D eigenvalue weighted by Crippen LogP contribution is -2.31. The standard InChI is InChI=1S/C14H17NO4/c1-8-3-4-10(14(17)18)7-11(8)15-13(16)12-9(2)5-6-19-12/h3-4,7,9,12H,5-6H2,1-2H3,(H,15,16)(H,17,18). The van der Waals surface area contributed by atoms with Crippen LogP contribution in [0.5, 0.6) is 0 Å². The normalized spacial score (nSPS) is 22.2. The summed E-state index contributed by atoms with van der Waals surface area (Å²) in [4.78, 5) is 23.0. The van der Waals surface area contributed by atoms with Gasteiger partial charge in [-0.3, -0.25) is 4.79 Å². The molecule has 0 aromatic heterocycles. The van der Waals surface area contributed by atoms with Crippen molar-refractivity contribution in [2.24, 2.45) is 5.92 Å². The van der Waals surface area contributed by atoms with Crippen molar-refractivity contribution >= 4 is 17.6 Å². The molecule has 1 saturated heterocycles. The summed E-state index contributed by atoms with van der Waals surface area (Å²) in [6, 6.07) is 4.66. The Morgan fingerprint density at radius 2 is 2.16 bits per heavy atom. The van der Waals surface area contributed by atoms with E-state index in [1.54, 1.807) is 6.07 Å². The predicted molar refractivity (Wildman–Crippen MR) is 70.3 cm³/mol. The first-order valence-corrected chi connectivity index (χ1v) is 6.25. The van der Waals surface area contributed by atoms with Crippen LogP contribution in [0, 0.1) is 12.8 Å². The molecule has 1 aromatic rings. The van der Waals surface area contributed by atoms with E-state index in [0.717, 1.165) is 12.0 Å². The van der Waals surface area contributed by atoms with E-state index in [1.165, 1.54) is 12.1 Å². The number of benzene rings is 1. The minimum absolute atomic E-state index is 0.154. The highest BCUT2D eigenvalue weighted by atomic mass is 16.5. The van der Waals surface area contributed by atoms with E-state index in [0.29, 0.717) is 12.3 Å². The average molecular weight is 263 g/mol. The number of rotatable bonds is 3. The van der Waals surface area contributed by atoms with Crippen molar-refractivity contribution in [3.05, 3.63) is 29.3 Å². The number of hydrogen-bond acceptors (Lipinski definition) is 3. The Balaban J connectivity index is 2.16. The Kier molecular flexibility index (Phi) is 3.85. The highest BCUT2D eigenvalue weighted by Crippen LogP contribution is 2.23. The third-order valence-corrected chi connectivity index (χ3v) is 3.39. The van der Waals surface area contributed by atoms with Gasteiger partial charge in [-0.2, -0.15) is 0 Å². The van der Waals surface area contributed by atoms with Crippen LogP contribution in [0.15, 0.2) is 18.2 Å². The lowest BCUT2D eigenvalue weighted by Gasteiger charge is -2.16. The van der Waals surface area contributed by atoms with Crippen LogP contribution in [0.4, 0.5) is 5.69 Å². The van der Waals surface area contributed by atoms with Gasteiger partial charge in [0.2, 0.25) is 0 Å². The zero-order valence-corrected chi connectivity index (χ0v) is 11.0. The molecule has 0 saturated carbocycles. The van der Waals surface area contributed by atoms with Gasteiger partial charge in [0, 0.05) is 12.3 Å². The molecule has 1 aromatic carbocycles. The topological polar surface area (TPSA) is 75.6 Å². The quantitative estimate of drug-likeness (QED) is 0.875. The number of ether oxygens (including phenoxy) is 1. The van der Waals surface area contributed by atoms with Crippen LogP contribution < -0.4 is 5.32 Å². The van der Waals surface area contributed by atoms with E-state index < -0.39 is 12.1 Å². The molecule has 5 nitrogen and oxygen atoms in total. The van der Waals surface area contributed by atoms with Crippen LogP contribution in [-0.4, -0.2) is 29.7 Å². The van der Waals surface area contributed by atoms with Gasteiger partial charge in [0.05, 0.1) is 5.56 Å². The molecule has 0 radical (unpaired) electrons. The number of anilines is 1. The summed E-state index contributed by atoms with van der Waals surface area (Å²) in [7, 11) is 0. The largest absolute Gasteiger partial charge is 0.478 e. The summed E-state index contributed by atoms with van der Waals surface area (Å²) in [5, 5.41) is 11.7. The van der Waals surface area contributed by atoms with E-state index in [9.17, 15) is 9.59 Å². The summed E-state index contributed by atoms with van der Waals surface area (Å²) < 4.78 is 5.39. The van der Waals surface area contributed by atoms with E-state index in [4.69, 9.17) is 9.84 Å². The minimum Gasteiger partial charge on any atom is -0.478 e. The Hall–Kier alpha value is -1.88. The summed E-state index contributed by atoms with van der Waals surface area (Å²) in [6.45, 7) is 4.38. The number of hydrogen-bond donors (Lipinski definition) is 2. The van der Waals surface area contributed by atoms with Crippen LogP contribution in [0.25, 0.3) is 0 Å². The Morgan fingerprint density at radius 3 is 2.74 bits per heavy atom. The molecule has 1 heterocycles. The molecule has 1 aliphatic rings. The monoisotopic (exact) mass is 263 g/mol. The SMILES string of the molecule is Cc1ccc(C(=O)O)cc1NC(=O)C1OCCC1C. The molecule has 19 heavy (non-hydrogen) atoms. The fourth-order valence-electron chi connectivity index (χ4n) is 2.12. The van der Waals surface area contributed by atoms with Crippen LogP contribution >= 0.6 is 0 Å². The maximum Gasteiger partial charge on any atom is 0.335 e. The van der Waals surface area contributed by atoms with Crippen molar-refractivity contribution in [3.8, 4) is 0 Å². The zero-order chi connectivity index (χ0) is 14.0. The van der Waals surface area contributed by atoms with Crippen molar-refractivity contribution in [3.63, 3.8) is 0 Å². The van der Waals surface area contributed by atoms with E-state index in [-0.39, 0.29) is 17.4 Å². The Morgan fingerprint density at radius 1 is 1.42 bits per heavy atom. The Bertz CT molecular complexity index is 512. The van der Waals surface area contributed by atoms with E-state index in [1.807, 2.05) is 13.8 Å². The van der Waals surface area contributed by atoms with Gasteiger partial charge in [-0.05, 0) is 37.0 Å². The molecule has 1 aliphatic heterocycles. The second kappa shape index (κ2) is 5.40. The van der Waals surface area contributed by atoms with Crippen molar-refractivity contribution in [1.82, 2.24) is 0 Å². The second-order valence-corrected chi connectivity index (χ2v) is 4.88. The second-order valence-electron chi connectivity index (χ2n) is 4.88. The number of aryl methyl sites for hydroxylation is 1. The molecule has 1 amide bonds. The van der Waals surface area contributed by atoms with Gasteiger partial charge in [-0.15, -0.1) is 0 Å². The minimum atomic E-state index is -1.01. The summed E-state index contributed by atoms with van der Waals surface area (Å²) in [6.07, 6.45) is 0.416. The fraction of sp³-hybridized carbons (Fsp3) is 0.429. The average Bonchev–Trinajstić information content (AvgIpc) is 2.78. The van der Waals surface area contributed by atoms with Gasteiger partial charge in [0.15, 0.2) is 0 Å². The number of carboxylic acid groups (broad SMARTS) is 1. The number of carbonyl (C=O) groups is 2. The van der Waals surface area contributed by atoms with Crippen LogP contribution in [0.2, 0.25) is 0 Å². The lowest BCUT2D eigenvalue weighted by molar-refractivity contribution is -0.126. The molecule has 2 unspecified atom stereocenters. The number of carboxylic acids is 1. The van der Waals surface area contributed by atoms with Crippen LogP contribution in [0.1, 0.15) is 29.3 Å². The fourth-order valence-corrected chi connectivity index (χ4v) is 2.12. The molecule has 2 N–H and O–H groups in total. The highest BCUT2D eigenvalue weighted by Gasteiger charge is 2.31. The van der Waals surface area contributed by atoms with Crippen molar-refractivity contribution < 1.29 is 19.4 Å². The summed E-state index contributed by atoms with van der Waals surface area (Å²) in [5.74, 6) is -1.04. The first-order valence-electron chi connectivity index (χ1n) is 6.25. The molecule has 2 atom stereocenters. The molecular formula is C14H17NO4. The molecular weight excluding hydrogens is 246 g/mol. The van der Waals surface area contributed by atoms with Gasteiger partial charge in [0.25, 0.3) is 5.91 Å². The molecule has 1 fully saturated rings. The van der Waals surface area contributed by atoms with Crippen LogP contribution in [-0.2, 0) is 9.53 Å². The van der Waals surface area contributed by atoms with Crippen molar-refractivity contribution in [1.29, 1.82) is 0 Å². The lowest BCUT2D eigenvalue weighted by atomic mass is 10.0. The molecule has 0 spiro atoms. The third kappa shape index (κ3) is 2.93. The van der Waals surface area contributed by atoms with Crippen molar-refractivity contribution in [2.45, 2.75) is 26.4 Å². The predicted octanol–water partition coefficient (Wildman–Crippen LogP) is 2.06. The summed E-state index contributed by atoms with van der Waals surface area (Å²) >= 11 is 0. The first-order chi connectivity index (χ1) is 8.99. The highest BCUT2D eigenvalue weighted by molar-refractivity contribution is 5.97. The van der Waals surface area contributed by atoms with Gasteiger partial charge >= 0.3 is 5.97 Å². The molecule has 0 aliphatic carbocycles. The van der Waals surface area contributed by atoms with E-state index >= 15 is 0 Å². The van der Waals surface area contributed by atoms with Crippen molar-refractivity contribution in [2.75, 3.05) is 11.9 Å².